The van der Waals surface area contributed by atoms with Crippen molar-refractivity contribution in [3.05, 3.63) is 59.7 Å². The van der Waals surface area contributed by atoms with Gasteiger partial charge in [-0.1, -0.05) is 30.3 Å². The lowest BCUT2D eigenvalue weighted by atomic mass is 9.88. The average Bonchev–Trinajstić information content (AvgIpc) is 2.56. The van der Waals surface area contributed by atoms with Crippen molar-refractivity contribution in [3.63, 3.8) is 0 Å². The van der Waals surface area contributed by atoms with Crippen molar-refractivity contribution in [2.24, 2.45) is 5.73 Å². The predicted molar refractivity (Wildman–Crippen MR) is 88.0 cm³/mol. The summed E-state index contributed by atoms with van der Waals surface area (Å²) in [4.78, 5) is 1.17. The van der Waals surface area contributed by atoms with E-state index in [0.717, 1.165) is 16.9 Å². The Bertz CT molecular complexity index is 571. The van der Waals surface area contributed by atoms with Gasteiger partial charge in [0.25, 0.3) is 0 Å². The van der Waals surface area contributed by atoms with Gasteiger partial charge in [0.1, 0.15) is 5.75 Å². The Kier molecular flexibility index (Phi) is 5.67. The third-order valence-corrected chi connectivity index (χ3v) is 4.37. The normalized spacial score (nSPS) is 13.7. The third-order valence-electron chi connectivity index (χ3n) is 3.63. The number of hydrogen-bond donors (Lipinski definition) is 2. The van der Waals surface area contributed by atoms with Crippen molar-refractivity contribution in [1.29, 1.82) is 0 Å². The van der Waals surface area contributed by atoms with Crippen LogP contribution in [0.1, 0.15) is 23.1 Å². The second-order valence-electron chi connectivity index (χ2n) is 4.80. The van der Waals surface area contributed by atoms with Crippen LogP contribution in [0.3, 0.4) is 0 Å². The fourth-order valence-corrected chi connectivity index (χ4v) is 2.84. The SMILES string of the molecule is COc1ccccc1C(CN)C(O)c1ccc(SC)cc1. The van der Waals surface area contributed by atoms with E-state index < -0.39 is 6.10 Å². The number of ether oxygens (including phenoxy) is 1. The largest absolute Gasteiger partial charge is 0.496 e. The maximum atomic E-state index is 10.7. The van der Waals surface area contributed by atoms with Crippen LogP contribution in [0.4, 0.5) is 0 Å². The minimum absolute atomic E-state index is 0.193. The Morgan fingerprint density at radius 2 is 1.81 bits per heavy atom. The highest BCUT2D eigenvalue weighted by molar-refractivity contribution is 7.98. The molecular formula is C17H21NO2S. The molecule has 0 spiro atoms. The zero-order valence-corrected chi connectivity index (χ0v) is 13.1. The Morgan fingerprint density at radius 3 is 2.38 bits per heavy atom. The third kappa shape index (κ3) is 3.59. The maximum absolute atomic E-state index is 10.7. The topological polar surface area (TPSA) is 55.5 Å². The Labute approximate surface area is 130 Å². The second-order valence-corrected chi connectivity index (χ2v) is 5.68. The standard InChI is InChI=1S/C17H21NO2S/c1-20-16-6-4-3-5-14(16)15(11-18)17(19)12-7-9-13(21-2)10-8-12/h3-10,15,17,19H,11,18H2,1-2H3. The Hall–Kier alpha value is -1.49. The van der Waals surface area contributed by atoms with Gasteiger partial charge >= 0.3 is 0 Å². The van der Waals surface area contributed by atoms with Crippen molar-refractivity contribution >= 4 is 11.8 Å². The molecule has 0 aromatic heterocycles. The number of rotatable bonds is 6. The van der Waals surface area contributed by atoms with Crippen molar-refractivity contribution in [3.8, 4) is 5.75 Å². The highest BCUT2D eigenvalue weighted by Crippen LogP contribution is 2.35. The van der Waals surface area contributed by atoms with Gasteiger partial charge < -0.3 is 15.6 Å². The molecule has 21 heavy (non-hydrogen) atoms. The van der Waals surface area contributed by atoms with Gasteiger partial charge in [-0.3, -0.25) is 0 Å². The van der Waals surface area contributed by atoms with E-state index in [2.05, 4.69) is 0 Å². The molecule has 2 aromatic carbocycles. The number of benzene rings is 2. The summed E-state index contributed by atoms with van der Waals surface area (Å²) in [5, 5.41) is 10.7. The zero-order valence-electron chi connectivity index (χ0n) is 12.3. The summed E-state index contributed by atoms with van der Waals surface area (Å²) in [7, 11) is 1.63. The van der Waals surface area contributed by atoms with E-state index in [1.807, 2.05) is 54.8 Å². The molecule has 2 unspecified atom stereocenters. The molecule has 2 aromatic rings. The number of hydrogen-bond acceptors (Lipinski definition) is 4. The average molecular weight is 303 g/mol. The van der Waals surface area contributed by atoms with Crippen LogP contribution in [0.25, 0.3) is 0 Å². The Balaban J connectivity index is 2.31. The number of aliphatic hydroxyl groups is 1. The van der Waals surface area contributed by atoms with E-state index in [1.165, 1.54) is 4.90 Å². The molecule has 0 fully saturated rings. The van der Waals surface area contributed by atoms with Crippen molar-refractivity contribution in [1.82, 2.24) is 0 Å². The van der Waals surface area contributed by atoms with Crippen LogP contribution in [0.2, 0.25) is 0 Å². The molecule has 0 saturated carbocycles. The minimum atomic E-state index is -0.651. The summed E-state index contributed by atoms with van der Waals surface area (Å²) in [6, 6.07) is 15.6. The fraction of sp³-hybridized carbons (Fsp3) is 0.294. The number of aliphatic hydroxyl groups excluding tert-OH is 1. The van der Waals surface area contributed by atoms with Gasteiger partial charge in [-0.15, -0.1) is 11.8 Å². The summed E-state index contributed by atoms with van der Waals surface area (Å²) in [6.07, 6.45) is 1.38. The maximum Gasteiger partial charge on any atom is 0.122 e. The molecule has 0 radical (unpaired) electrons. The van der Waals surface area contributed by atoms with E-state index in [9.17, 15) is 5.11 Å². The van der Waals surface area contributed by atoms with Gasteiger partial charge in [-0.05, 0) is 30.0 Å². The van der Waals surface area contributed by atoms with Gasteiger partial charge in [0, 0.05) is 22.9 Å². The molecule has 4 heteroatoms. The number of nitrogens with two attached hydrogens (primary N) is 1. The lowest BCUT2D eigenvalue weighted by Gasteiger charge is -2.24. The molecule has 0 heterocycles. The highest BCUT2D eigenvalue weighted by atomic mass is 32.2. The minimum Gasteiger partial charge on any atom is -0.496 e. The van der Waals surface area contributed by atoms with Crippen LogP contribution in [0.15, 0.2) is 53.4 Å². The van der Waals surface area contributed by atoms with Gasteiger partial charge in [-0.2, -0.15) is 0 Å². The monoisotopic (exact) mass is 303 g/mol. The highest BCUT2D eigenvalue weighted by Gasteiger charge is 2.24. The van der Waals surface area contributed by atoms with Gasteiger partial charge in [0.05, 0.1) is 13.2 Å². The summed E-state index contributed by atoms with van der Waals surface area (Å²) in [5.74, 6) is 0.564. The number of para-hydroxylation sites is 1. The molecule has 0 amide bonds. The molecule has 0 aliphatic rings. The van der Waals surface area contributed by atoms with E-state index in [1.54, 1.807) is 18.9 Å². The molecule has 3 nitrogen and oxygen atoms in total. The summed E-state index contributed by atoms with van der Waals surface area (Å²) in [5.41, 5.74) is 7.71. The lowest BCUT2D eigenvalue weighted by molar-refractivity contribution is 0.146. The van der Waals surface area contributed by atoms with Gasteiger partial charge in [-0.25, -0.2) is 0 Å². The van der Waals surface area contributed by atoms with E-state index >= 15 is 0 Å². The fourth-order valence-electron chi connectivity index (χ4n) is 2.43. The second kappa shape index (κ2) is 7.50. The van der Waals surface area contributed by atoms with Crippen molar-refractivity contribution in [2.45, 2.75) is 16.9 Å². The van der Waals surface area contributed by atoms with Crippen LogP contribution in [-0.2, 0) is 0 Å². The van der Waals surface area contributed by atoms with E-state index in [0.29, 0.717) is 6.54 Å². The first-order valence-electron chi connectivity index (χ1n) is 6.86. The van der Waals surface area contributed by atoms with Crippen LogP contribution in [-0.4, -0.2) is 25.0 Å². The summed E-state index contributed by atoms with van der Waals surface area (Å²) < 4.78 is 5.38. The van der Waals surface area contributed by atoms with Crippen LogP contribution in [0.5, 0.6) is 5.75 Å². The van der Waals surface area contributed by atoms with Crippen molar-refractivity contribution < 1.29 is 9.84 Å². The zero-order chi connectivity index (χ0) is 15.2. The quantitative estimate of drug-likeness (QED) is 0.805. The Morgan fingerprint density at radius 1 is 1.14 bits per heavy atom. The molecule has 2 atom stereocenters. The van der Waals surface area contributed by atoms with Crippen LogP contribution >= 0.6 is 11.8 Å². The molecular weight excluding hydrogens is 282 g/mol. The van der Waals surface area contributed by atoms with Crippen LogP contribution in [0, 0.1) is 0 Å². The molecule has 0 aliphatic carbocycles. The number of thioether (sulfide) groups is 1. The molecule has 3 N–H and O–H groups in total. The predicted octanol–water partition coefficient (Wildman–Crippen LogP) is 3.19. The molecule has 0 aliphatic heterocycles. The molecule has 0 bridgehead atoms. The number of methoxy groups -OCH3 is 1. The smallest absolute Gasteiger partial charge is 0.122 e. The van der Waals surface area contributed by atoms with Crippen LogP contribution < -0.4 is 10.5 Å². The first kappa shape index (κ1) is 15.9. The lowest BCUT2D eigenvalue weighted by Crippen LogP contribution is -2.20. The molecule has 2 rings (SSSR count). The molecule has 0 saturated heterocycles. The first-order chi connectivity index (χ1) is 10.2. The van der Waals surface area contributed by atoms with E-state index in [4.69, 9.17) is 10.5 Å². The first-order valence-corrected chi connectivity index (χ1v) is 8.08. The van der Waals surface area contributed by atoms with Gasteiger partial charge in [0.2, 0.25) is 0 Å². The summed E-state index contributed by atoms with van der Waals surface area (Å²) >= 11 is 1.68. The molecule has 112 valence electrons. The van der Waals surface area contributed by atoms with E-state index in [-0.39, 0.29) is 5.92 Å². The van der Waals surface area contributed by atoms with Gasteiger partial charge in [0.15, 0.2) is 0 Å². The summed E-state index contributed by atoms with van der Waals surface area (Å²) in [6.45, 7) is 0.353. The van der Waals surface area contributed by atoms with Crippen molar-refractivity contribution in [2.75, 3.05) is 19.9 Å².